The molecule has 1 aliphatic heterocycles. The molecule has 0 aliphatic carbocycles. The second kappa shape index (κ2) is 3.83. The first-order valence-electron chi connectivity index (χ1n) is 5.01. The molecule has 0 atom stereocenters. The summed E-state index contributed by atoms with van der Waals surface area (Å²) in [7, 11) is 0. The molecule has 0 radical (unpaired) electrons. The molecule has 2 heterocycles. The summed E-state index contributed by atoms with van der Waals surface area (Å²) >= 11 is 1.89. The van der Waals surface area contributed by atoms with Crippen LogP contribution in [0.2, 0.25) is 0 Å². The number of fused-ring (bicyclic) bond motifs is 1. The Bertz CT molecular complexity index is 477. The molecule has 15 heavy (non-hydrogen) atoms. The molecule has 0 amide bonds. The standard InChI is InChI=1S/C12H11NOS/c1-4-11-10(3-2-6-13-11)12(5-1)15-9-7-14-8-9/h1-6,9H,7-8H2. The van der Waals surface area contributed by atoms with Gasteiger partial charge in [0.2, 0.25) is 0 Å². The summed E-state index contributed by atoms with van der Waals surface area (Å²) < 4.78 is 5.18. The quantitative estimate of drug-likeness (QED) is 0.772. The van der Waals surface area contributed by atoms with Crippen LogP contribution in [0.3, 0.4) is 0 Å². The van der Waals surface area contributed by atoms with Crippen LogP contribution in [0.4, 0.5) is 0 Å². The lowest BCUT2D eigenvalue weighted by Crippen LogP contribution is -2.30. The zero-order valence-electron chi connectivity index (χ0n) is 8.22. The summed E-state index contributed by atoms with van der Waals surface area (Å²) in [5.41, 5.74) is 1.07. The maximum absolute atomic E-state index is 5.18. The molecule has 0 spiro atoms. The van der Waals surface area contributed by atoms with Crippen LogP contribution in [0.25, 0.3) is 10.9 Å². The summed E-state index contributed by atoms with van der Waals surface area (Å²) in [5, 5.41) is 1.87. The van der Waals surface area contributed by atoms with Crippen molar-refractivity contribution in [2.75, 3.05) is 13.2 Å². The van der Waals surface area contributed by atoms with Crippen LogP contribution < -0.4 is 0 Å². The van der Waals surface area contributed by atoms with Gasteiger partial charge in [0.15, 0.2) is 0 Å². The fourth-order valence-electron chi connectivity index (χ4n) is 1.64. The van der Waals surface area contributed by atoms with Gasteiger partial charge in [-0.1, -0.05) is 12.1 Å². The number of hydrogen-bond acceptors (Lipinski definition) is 3. The predicted octanol–water partition coefficient (Wildman–Crippen LogP) is 2.73. The Balaban J connectivity index is 2.01. The van der Waals surface area contributed by atoms with Gasteiger partial charge in [0.25, 0.3) is 0 Å². The maximum atomic E-state index is 5.18. The van der Waals surface area contributed by atoms with E-state index in [9.17, 15) is 0 Å². The van der Waals surface area contributed by atoms with Crippen LogP contribution in [0.1, 0.15) is 0 Å². The molecule has 1 saturated heterocycles. The summed E-state index contributed by atoms with van der Waals surface area (Å²) in [6, 6.07) is 10.4. The van der Waals surface area contributed by atoms with E-state index in [4.69, 9.17) is 4.74 Å². The predicted molar refractivity (Wildman–Crippen MR) is 62.2 cm³/mol. The summed E-state index contributed by atoms with van der Waals surface area (Å²) in [4.78, 5) is 5.66. The lowest BCUT2D eigenvalue weighted by molar-refractivity contribution is 0.0455. The minimum absolute atomic E-state index is 0.621. The number of thioether (sulfide) groups is 1. The first-order chi connectivity index (χ1) is 7.43. The van der Waals surface area contributed by atoms with Crippen LogP contribution in [0.5, 0.6) is 0 Å². The van der Waals surface area contributed by atoms with E-state index in [-0.39, 0.29) is 0 Å². The molecule has 1 aliphatic rings. The van der Waals surface area contributed by atoms with Gasteiger partial charge in [-0.2, -0.15) is 0 Å². The second-order valence-electron chi connectivity index (χ2n) is 3.60. The first kappa shape index (κ1) is 9.19. The van der Waals surface area contributed by atoms with Crippen molar-refractivity contribution in [3.8, 4) is 0 Å². The number of ether oxygens (including phenoxy) is 1. The lowest BCUT2D eigenvalue weighted by atomic mass is 10.2. The molecule has 0 bridgehead atoms. The van der Waals surface area contributed by atoms with Gasteiger partial charge in [-0.15, -0.1) is 11.8 Å². The summed E-state index contributed by atoms with van der Waals surface area (Å²) in [5.74, 6) is 0. The Hall–Kier alpha value is -1.06. The van der Waals surface area contributed by atoms with E-state index in [0.29, 0.717) is 5.25 Å². The van der Waals surface area contributed by atoms with Gasteiger partial charge in [0.05, 0.1) is 24.0 Å². The number of benzene rings is 1. The van der Waals surface area contributed by atoms with Gasteiger partial charge >= 0.3 is 0 Å². The molecular weight excluding hydrogens is 206 g/mol. The molecule has 0 saturated carbocycles. The number of pyridine rings is 1. The zero-order chi connectivity index (χ0) is 10.1. The Morgan fingerprint density at radius 2 is 2.13 bits per heavy atom. The minimum atomic E-state index is 0.621. The highest BCUT2D eigenvalue weighted by atomic mass is 32.2. The van der Waals surface area contributed by atoms with Crippen LogP contribution >= 0.6 is 11.8 Å². The molecule has 2 nitrogen and oxygen atoms in total. The molecule has 0 unspecified atom stereocenters. The number of aromatic nitrogens is 1. The Morgan fingerprint density at radius 3 is 2.93 bits per heavy atom. The van der Waals surface area contributed by atoms with Gasteiger partial charge in [0, 0.05) is 16.5 Å². The number of rotatable bonds is 2. The maximum Gasteiger partial charge on any atom is 0.0713 e. The third-order valence-electron chi connectivity index (χ3n) is 2.51. The van der Waals surface area contributed by atoms with Crippen LogP contribution in [-0.2, 0) is 4.74 Å². The largest absolute Gasteiger partial charge is 0.379 e. The number of nitrogens with zero attached hydrogens (tertiary/aromatic N) is 1. The Morgan fingerprint density at radius 1 is 1.20 bits per heavy atom. The average molecular weight is 217 g/mol. The van der Waals surface area contributed by atoms with E-state index in [1.165, 1.54) is 10.3 Å². The smallest absolute Gasteiger partial charge is 0.0713 e. The zero-order valence-corrected chi connectivity index (χ0v) is 9.04. The fraction of sp³-hybridized carbons (Fsp3) is 0.250. The normalized spacial score (nSPS) is 16.5. The van der Waals surface area contributed by atoms with Gasteiger partial charge in [-0.25, -0.2) is 0 Å². The molecule has 3 heteroatoms. The molecule has 1 aromatic heterocycles. The summed E-state index contributed by atoms with van der Waals surface area (Å²) in [6.07, 6.45) is 1.84. The molecule has 3 rings (SSSR count). The van der Waals surface area contributed by atoms with Crippen LogP contribution in [0, 0.1) is 0 Å². The summed E-state index contributed by atoms with van der Waals surface area (Å²) in [6.45, 7) is 1.75. The third kappa shape index (κ3) is 1.73. The highest BCUT2D eigenvalue weighted by molar-refractivity contribution is 8.00. The first-order valence-corrected chi connectivity index (χ1v) is 5.89. The Labute approximate surface area is 92.7 Å². The van der Waals surface area contributed by atoms with E-state index in [2.05, 4.69) is 29.2 Å². The van der Waals surface area contributed by atoms with Crippen LogP contribution in [0.15, 0.2) is 41.4 Å². The highest BCUT2D eigenvalue weighted by Gasteiger charge is 2.20. The van der Waals surface area contributed by atoms with Gasteiger partial charge in [-0.05, 0) is 18.2 Å². The number of hydrogen-bond donors (Lipinski definition) is 0. The SMILES string of the molecule is c1cc(SC2COC2)c2cccnc2c1. The topological polar surface area (TPSA) is 22.1 Å². The fourth-order valence-corrected chi connectivity index (χ4v) is 2.78. The van der Waals surface area contributed by atoms with Gasteiger partial charge in [-0.3, -0.25) is 4.98 Å². The van der Waals surface area contributed by atoms with E-state index >= 15 is 0 Å². The van der Waals surface area contributed by atoms with Crippen molar-refractivity contribution in [1.29, 1.82) is 0 Å². The van der Waals surface area contributed by atoms with E-state index in [1.54, 1.807) is 0 Å². The van der Waals surface area contributed by atoms with E-state index < -0.39 is 0 Å². The monoisotopic (exact) mass is 217 g/mol. The molecule has 1 aromatic carbocycles. The molecule has 1 fully saturated rings. The van der Waals surface area contributed by atoms with Crippen molar-refractivity contribution in [3.05, 3.63) is 36.5 Å². The van der Waals surface area contributed by atoms with Crippen molar-refractivity contribution in [2.45, 2.75) is 10.1 Å². The van der Waals surface area contributed by atoms with E-state index in [0.717, 1.165) is 18.7 Å². The van der Waals surface area contributed by atoms with Crippen molar-refractivity contribution < 1.29 is 4.74 Å². The molecule has 2 aromatic rings. The van der Waals surface area contributed by atoms with Crippen LogP contribution in [-0.4, -0.2) is 23.4 Å². The van der Waals surface area contributed by atoms with Crippen molar-refractivity contribution in [1.82, 2.24) is 4.98 Å². The van der Waals surface area contributed by atoms with Gasteiger partial charge in [0.1, 0.15) is 0 Å². The molecular formula is C12H11NOS. The second-order valence-corrected chi connectivity index (χ2v) is 4.95. The Kier molecular flexibility index (Phi) is 2.35. The molecule has 0 N–H and O–H groups in total. The van der Waals surface area contributed by atoms with Crippen molar-refractivity contribution >= 4 is 22.7 Å². The van der Waals surface area contributed by atoms with Gasteiger partial charge < -0.3 is 4.74 Å². The third-order valence-corrected chi connectivity index (χ3v) is 3.72. The van der Waals surface area contributed by atoms with E-state index in [1.807, 2.05) is 24.0 Å². The molecule has 76 valence electrons. The van der Waals surface area contributed by atoms with Crippen molar-refractivity contribution in [2.24, 2.45) is 0 Å². The van der Waals surface area contributed by atoms with Crippen molar-refractivity contribution in [3.63, 3.8) is 0 Å². The minimum Gasteiger partial charge on any atom is -0.379 e. The lowest BCUT2D eigenvalue weighted by Gasteiger charge is -2.25. The highest BCUT2D eigenvalue weighted by Crippen LogP contribution is 2.32. The average Bonchev–Trinajstić information content (AvgIpc) is 2.23.